The largest absolute Gasteiger partial charge is 0.381 e. The van der Waals surface area contributed by atoms with Crippen molar-refractivity contribution in [3.8, 4) is 17.6 Å². The van der Waals surface area contributed by atoms with Crippen LogP contribution in [0.2, 0.25) is 0 Å². The van der Waals surface area contributed by atoms with Crippen LogP contribution in [0.15, 0.2) is 33.6 Å². The number of aromatic nitrogens is 2. The molecular formula is C11H10N8S. The summed E-state index contributed by atoms with van der Waals surface area (Å²) < 4.78 is 0. The Hall–Kier alpha value is -2.99. The summed E-state index contributed by atoms with van der Waals surface area (Å²) in [7, 11) is 0. The molecule has 0 spiro atoms. The Morgan fingerprint density at radius 2 is 2.00 bits per heavy atom. The van der Waals surface area contributed by atoms with E-state index in [1.165, 1.54) is 11.3 Å². The predicted molar refractivity (Wildman–Crippen MR) is 77.2 cm³/mol. The molecule has 0 aliphatic carbocycles. The van der Waals surface area contributed by atoms with Gasteiger partial charge in [0.1, 0.15) is 11.4 Å². The van der Waals surface area contributed by atoms with E-state index >= 15 is 0 Å². The van der Waals surface area contributed by atoms with E-state index in [4.69, 9.17) is 22.5 Å². The van der Waals surface area contributed by atoms with Gasteiger partial charge in [-0.1, -0.05) is 6.07 Å². The number of nitriles is 1. The standard InChI is InChI=1S/C11H10N8S/c12-5-16-9(13)7-3-1-2-6(17-7)8-4-20-11(18-8)19-10(14)15/h1-4H,(H2,13,16)(H4,14,15,18,19). The summed E-state index contributed by atoms with van der Waals surface area (Å²) in [6, 6.07) is 5.16. The third-order valence-electron chi connectivity index (χ3n) is 2.16. The molecule has 0 fully saturated rings. The number of thiazole rings is 1. The van der Waals surface area contributed by atoms with Crippen molar-refractivity contribution in [2.75, 3.05) is 0 Å². The maximum atomic E-state index is 8.48. The summed E-state index contributed by atoms with van der Waals surface area (Å²) in [5.74, 6) is -0.00738. The fourth-order valence-corrected chi connectivity index (χ4v) is 2.07. The fourth-order valence-electron chi connectivity index (χ4n) is 1.37. The van der Waals surface area contributed by atoms with Crippen LogP contribution in [-0.2, 0) is 0 Å². The molecule has 2 aromatic heterocycles. The number of amidine groups is 1. The van der Waals surface area contributed by atoms with Gasteiger partial charge in [0.15, 0.2) is 11.8 Å². The Labute approximate surface area is 118 Å². The Kier molecular flexibility index (Phi) is 3.88. The van der Waals surface area contributed by atoms with Crippen LogP contribution in [0.25, 0.3) is 11.4 Å². The zero-order valence-electron chi connectivity index (χ0n) is 10.2. The SMILES string of the molecule is N#CN=C(N)c1cccc(-c2csc(N=C(N)N)n2)n1. The number of rotatable bonds is 3. The molecule has 0 saturated heterocycles. The van der Waals surface area contributed by atoms with Crippen molar-refractivity contribution in [3.63, 3.8) is 0 Å². The molecule has 0 radical (unpaired) electrons. The van der Waals surface area contributed by atoms with E-state index in [9.17, 15) is 0 Å². The highest BCUT2D eigenvalue weighted by molar-refractivity contribution is 7.13. The molecule has 100 valence electrons. The average molecular weight is 286 g/mol. The zero-order valence-corrected chi connectivity index (χ0v) is 11.0. The molecule has 6 N–H and O–H groups in total. The van der Waals surface area contributed by atoms with Crippen molar-refractivity contribution >= 4 is 28.3 Å². The highest BCUT2D eigenvalue weighted by atomic mass is 32.1. The topological polar surface area (TPSA) is 152 Å². The second-order valence-electron chi connectivity index (χ2n) is 3.56. The maximum absolute atomic E-state index is 8.48. The van der Waals surface area contributed by atoms with Crippen LogP contribution in [0.4, 0.5) is 5.13 Å². The van der Waals surface area contributed by atoms with Gasteiger partial charge in [-0.25, -0.2) is 9.97 Å². The first-order valence-electron chi connectivity index (χ1n) is 5.35. The normalized spacial score (nSPS) is 10.8. The van der Waals surface area contributed by atoms with Crippen LogP contribution < -0.4 is 17.2 Å². The lowest BCUT2D eigenvalue weighted by atomic mass is 10.2. The highest BCUT2D eigenvalue weighted by Gasteiger charge is 2.08. The second-order valence-corrected chi connectivity index (χ2v) is 4.39. The number of hydrogen-bond donors (Lipinski definition) is 3. The molecule has 0 aliphatic rings. The van der Waals surface area contributed by atoms with Gasteiger partial charge in [-0.05, 0) is 12.1 Å². The van der Waals surface area contributed by atoms with Crippen molar-refractivity contribution < 1.29 is 0 Å². The van der Waals surface area contributed by atoms with Gasteiger partial charge in [-0.3, -0.25) is 0 Å². The number of nitrogens with zero attached hydrogens (tertiary/aromatic N) is 5. The van der Waals surface area contributed by atoms with Crippen molar-refractivity contribution in [1.82, 2.24) is 9.97 Å². The Morgan fingerprint density at radius 1 is 1.20 bits per heavy atom. The summed E-state index contributed by atoms with van der Waals surface area (Å²) >= 11 is 1.28. The van der Waals surface area contributed by atoms with E-state index in [-0.39, 0.29) is 11.8 Å². The quantitative estimate of drug-likeness (QED) is 0.419. The Morgan fingerprint density at radius 3 is 2.70 bits per heavy atom. The lowest BCUT2D eigenvalue weighted by molar-refractivity contribution is 1.23. The van der Waals surface area contributed by atoms with Crippen LogP contribution in [0.1, 0.15) is 5.69 Å². The van der Waals surface area contributed by atoms with Crippen molar-refractivity contribution in [2.45, 2.75) is 0 Å². The van der Waals surface area contributed by atoms with Crippen molar-refractivity contribution in [3.05, 3.63) is 29.3 Å². The van der Waals surface area contributed by atoms with Crippen molar-refractivity contribution in [2.24, 2.45) is 27.2 Å². The zero-order chi connectivity index (χ0) is 14.5. The predicted octanol–water partition coefficient (Wildman–Crippen LogP) is 0.296. The lowest BCUT2D eigenvalue weighted by Crippen LogP contribution is -2.21. The smallest absolute Gasteiger partial charge is 0.212 e. The van der Waals surface area contributed by atoms with E-state index in [1.807, 2.05) is 0 Å². The molecule has 0 aliphatic heterocycles. The minimum Gasteiger partial charge on any atom is -0.381 e. The van der Waals surface area contributed by atoms with E-state index in [2.05, 4.69) is 20.0 Å². The molecule has 0 unspecified atom stereocenters. The summed E-state index contributed by atoms with van der Waals surface area (Å²) in [6.45, 7) is 0. The third kappa shape index (κ3) is 3.06. The van der Waals surface area contributed by atoms with Crippen LogP contribution >= 0.6 is 11.3 Å². The third-order valence-corrected chi connectivity index (χ3v) is 2.90. The summed E-state index contributed by atoms with van der Waals surface area (Å²) in [5.41, 5.74) is 17.8. The van der Waals surface area contributed by atoms with Gasteiger partial charge in [-0.2, -0.15) is 15.2 Å². The van der Waals surface area contributed by atoms with Crippen molar-refractivity contribution in [1.29, 1.82) is 5.26 Å². The molecule has 0 saturated carbocycles. The van der Waals surface area contributed by atoms with Gasteiger partial charge in [0.2, 0.25) is 11.3 Å². The number of aliphatic imine (C=N–C) groups is 2. The molecule has 0 bridgehead atoms. The van der Waals surface area contributed by atoms with Crippen LogP contribution in [-0.4, -0.2) is 21.8 Å². The fraction of sp³-hybridized carbons (Fsp3) is 0. The summed E-state index contributed by atoms with van der Waals surface area (Å²) in [5, 5.41) is 10.7. The van der Waals surface area contributed by atoms with Gasteiger partial charge in [-0.15, -0.1) is 11.3 Å². The number of hydrogen-bond acceptors (Lipinski definition) is 6. The molecule has 0 atom stereocenters. The first-order chi connectivity index (χ1) is 9.60. The average Bonchev–Trinajstić information content (AvgIpc) is 2.87. The van der Waals surface area contributed by atoms with Gasteiger partial charge in [0.25, 0.3) is 0 Å². The molecule has 20 heavy (non-hydrogen) atoms. The van der Waals surface area contributed by atoms with Gasteiger partial charge in [0, 0.05) is 5.38 Å². The molecule has 9 heteroatoms. The minimum absolute atomic E-state index is 0.0500. The summed E-state index contributed by atoms with van der Waals surface area (Å²) in [4.78, 5) is 15.8. The monoisotopic (exact) mass is 286 g/mol. The van der Waals surface area contributed by atoms with Gasteiger partial charge < -0.3 is 17.2 Å². The first-order valence-corrected chi connectivity index (χ1v) is 6.23. The minimum atomic E-state index is -0.0574. The molecule has 2 heterocycles. The van der Waals surface area contributed by atoms with Crippen LogP contribution in [0.5, 0.6) is 0 Å². The molecular weight excluding hydrogens is 276 g/mol. The number of guanidine groups is 1. The van der Waals surface area contributed by atoms with E-state index in [1.54, 1.807) is 29.8 Å². The Bertz CT molecular complexity index is 720. The van der Waals surface area contributed by atoms with Gasteiger partial charge >= 0.3 is 0 Å². The molecule has 0 amide bonds. The molecule has 2 rings (SSSR count). The van der Waals surface area contributed by atoms with E-state index in [0.29, 0.717) is 22.2 Å². The number of pyridine rings is 1. The molecule has 2 aromatic rings. The number of nitrogens with two attached hydrogens (primary N) is 3. The maximum Gasteiger partial charge on any atom is 0.212 e. The first kappa shape index (κ1) is 13.4. The second kappa shape index (κ2) is 5.77. The highest BCUT2D eigenvalue weighted by Crippen LogP contribution is 2.25. The Balaban J connectivity index is 2.37. The molecule has 8 nitrogen and oxygen atoms in total. The molecule has 0 aromatic carbocycles. The van der Waals surface area contributed by atoms with Gasteiger partial charge in [0.05, 0.1) is 5.69 Å². The summed E-state index contributed by atoms with van der Waals surface area (Å²) in [6.07, 6.45) is 1.61. The van der Waals surface area contributed by atoms with Crippen LogP contribution in [0.3, 0.4) is 0 Å². The lowest BCUT2D eigenvalue weighted by Gasteiger charge is -2.00. The van der Waals surface area contributed by atoms with E-state index < -0.39 is 0 Å². The van der Waals surface area contributed by atoms with Crippen LogP contribution in [0, 0.1) is 11.5 Å². The van der Waals surface area contributed by atoms with E-state index in [0.717, 1.165) is 0 Å².